The highest BCUT2D eigenvalue weighted by Gasteiger charge is 2.23. The summed E-state index contributed by atoms with van der Waals surface area (Å²) in [7, 11) is 0. The van der Waals surface area contributed by atoms with E-state index in [9.17, 15) is 4.79 Å². The average Bonchev–Trinajstić information content (AvgIpc) is 3.07. The molecule has 6 heteroatoms. The van der Waals surface area contributed by atoms with Gasteiger partial charge in [-0.1, -0.05) is 0 Å². The topological polar surface area (TPSA) is 51.0 Å². The molecular formula is C15H19ClN4O. The second kappa shape index (κ2) is 5.64. The van der Waals surface area contributed by atoms with Gasteiger partial charge in [-0.25, -0.2) is 9.97 Å². The number of hydrogen-bond donors (Lipinski definition) is 0. The van der Waals surface area contributed by atoms with Crippen LogP contribution in [0.5, 0.6) is 0 Å². The van der Waals surface area contributed by atoms with Crippen LogP contribution in [0.4, 0.5) is 0 Å². The maximum absolute atomic E-state index is 12.4. The Hall–Kier alpha value is -1.62. The number of carbonyl (C=O) groups is 1. The third kappa shape index (κ3) is 2.62. The Bertz CT molecular complexity index is 674. The summed E-state index contributed by atoms with van der Waals surface area (Å²) >= 11 is 6.24. The number of fused-ring (bicyclic) bond motifs is 1. The minimum absolute atomic E-state index is 0.119. The first-order chi connectivity index (χ1) is 10.1. The molecule has 0 aliphatic carbocycles. The summed E-state index contributed by atoms with van der Waals surface area (Å²) < 4.78 is 1.86. The lowest BCUT2D eigenvalue weighted by Gasteiger charge is -2.17. The van der Waals surface area contributed by atoms with Gasteiger partial charge < -0.3 is 9.47 Å². The maximum atomic E-state index is 12.4. The van der Waals surface area contributed by atoms with Gasteiger partial charge in [0.15, 0.2) is 5.65 Å². The Balaban J connectivity index is 2.01. The third-order valence-electron chi connectivity index (χ3n) is 3.97. The molecule has 0 saturated carbocycles. The van der Waals surface area contributed by atoms with E-state index < -0.39 is 0 Å². The lowest BCUT2D eigenvalue weighted by Crippen LogP contribution is -2.31. The number of pyridine rings is 1. The molecule has 21 heavy (non-hydrogen) atoms. The fourth-order valence-corrected chi connectivity index (χ4v) is 2.98. The molecule has 0 N–H and O–H groups in total. The van der Waals surface area contributed by atoms with Crippen LogP contribution in [0, 0.1) is 6.92 Å². The summed E-state index contributed by atoms with van der Waals surface area (Å²) in [5.41, 5.74) is 2.62. The molecule has 0 spiro atoms. The molecule has 0 aromatic carbocycles. The number of hydrogen-bond acceptors (Lipinski definition) is 3. The molecule has 1 aliphatic rings. The Labute approximate surface area is 128 Å². The Morgan fingerprint density at radius 2 is 2.14 bits per heavy atom. The number of carbonyl (C=O) groups excluding carboxylic acids is 1. The third-order valence-corrected chi connectivity index (χ3v) is 4.17. The van der Waals surface area contributed by atoms with Gasteiger partial charge in [0.1, 0.15) is 17.9 Å². The molecule has 3 heterocycles. The van der Waals surface area contributed by atoms with E-state index in [1.54, 1.807) is 6.20 Å². The van der Waals surface area contributed by atoms with Crippen molar-refractivity contribution in [3.05, 3.63) is 23.7 Å². The monoisotopic (exact) mass is 306 g/mol. The molecule has 1 fully saturated rings. The van der Waals surface area contributed by atoms with Crippen LogP contribution in [0.1, 0.15) is 36.5 Å². The molecule has 5 nitrogen and oxygen atoms in total. The molecule has 1 aliphatic heterocycles. The van der Waals surface area contributed by atoms with Crippen LogP contribution in [0.15, 0.2) is 12.3 Å². The molecule has 2 aromatic heterocycles. The summed E-state index contributed by atoms with van der Waals surface area (Å²) in [6.45, 7) is 5.83. The Morgan fingerprint density at radius 1 is 1.43 bits per heavy atom. The first-order valence-electron chi connectivity index (χ1n) is 7.31. The average molecular weight is 307 g/mol. The fourth-order valence-electron chi connectivity index (χ4n) is 2.82. The van der Waals surface area contributed by atoms with Crippen molar-refractivity contribution in [2.45, 2.75) is 38.6 Å². The molecule has 2 aromatic rings. The van der Waals surface area contributed by atoms with Crippen LogP contribution in [-0.2, 0) is 11.3 Å². The van der Waals surface area contributed by atoms with Gasteiger partial charge in [-0.2, -0.15) is 0 Å². The number of imidazole rings is 1. The number of nitrogens with zero attached hydrogens (tertiary/aromatic N) is 4. The minimum Gasteiger partial charge on any atom is -0.341 e. The normalized spacial score (nSPS) is 16.6. The number of halogens is 1. The summed E-state index contributed by atoms with van der Waals surface area (Å²) in [6.07, 6.45) is 3.93. The Kier molecular flexibility index (Phi) is 3.85. The first-order valence-corrected chi connectivity index (χ1v) is 7.75. The molecule has 3 rings (SSSR count). The van der Waals surface area contributed by atoms with E-state index in [0.717, 1.165) is 42.7 Å². The van der Waals surface area contributed by atoms with Crippen molar-refractivity contribution >= 4 is 28.7 Å². The van der Waals surface area contributed by atoms with Gasteiger partial charge in [-0.15, -0.1) is 11.6 Å². The first kappa shape index (κ1) is 14.3. The van der Waals surface area contributed by atoms with Crippen LogP contribution < -0.4 is 0 Å². The van der Waals surface area contributed by atoms with Crippen molar-refractivity contribution in [2.75, 3.05) is 13.1 Å². The van der Waals surface area contributed by atoms with Crippen LogP contribution in [0.3, 0.4) is 0 Å². The van der Waals surface area contributed by atoms with Gasteiger partial charge in [-0.05, 0) is 38.3 Å². The molecule has 0 bridgehead atoms. The van der Waals surface area contributed by atoms with Crippen molar-refractivity contribution < 1.29 is 4.79 Å². The molecule has 1 saturated heterocycles. The van der Waals surface area contributed by atoms with Gasteiger partial charge in [0.05, 0.1) is 5.38 Å². The maximum Gasteiger partial charge on any atom is 0.242 e. The molecule has 1 amide bonds. The Morgan fingerprint density at radius 3 is 2.81 bits per heavy atom. The van der Waals surface area contributed by atoms with E-state index >= 15 is 0 Å². The van der Waals surface area contributed by atoms with E-state index in [-0.39, 0.29) is 17.8 Å². The van der Waals surface area contributed by atoms with Crippen LogP contribution >= 0.6 is 11.6 Å². The van der Waals surface area contributed by atoms with Gasteiger partial charge in [0.25, 0.3) is 0 Å². The number of rotatable bonds is 3. The number of aryl methyl sites for hydroxylation is 1. The van der Waals surface area contributed by atoms with E-state index in [2.05, 4.69) is 9.97 Å². The van der Waals surface area contributed by atoms with E-state index in [0.29, 0.717) is 5.82 Å². The SMILES string of the molecule is Cc1ccnc2c1nc(C(C)Cl)n2CC(=O)N1CCCC1. The zero-order valence-corrected chi connectivity index (χ0v) is 13.1. The summed E-state index contributed by atoms with van der Waals surface area (Å²) in [5.74, 6) is 0.828. The molecular weight excluding hydrogens is 288 g/mol. The summed E-state index contributed by atoms with van der Waals surface area (Å²) in [6, 6.07) is 1.92. The van der Waals surface area contributed by atoms with Gasteiger partial charge in [0, 0.05) is 19.3 Å². The van der Waals surface area contributed by atoms with Crippen LogP contribution in [0.2, 0.25) is 0 Å². The lowest BCUT2D eigenvalue weighted by atomic mass is 10.3. The van der Waals surface area contributed by atoms with Crippen molar-refractivity contribution in [3.8, 4) is 0 Å². The summed E-state index contributed by atoms with van der Waals surface area (Å²) in [4.78, 5) is 23.3. The molecule has 0 radical (unpaired) electrons. The highest BCUT2D eigenvalue weighted by molar-refractivity contribution is 6.20. The van der Waals surface area contributed by atoms with Crippen molar-refractivity contribution in [1.82, 2.24) is 19.4 Å². The van der Waals surface area contributed by atoms with Gasteiger partial charge in [0.2, 0.25) is 5.91 Å². The lowest BCUT2D eigenvalue weighted by molar-refractivity contribution is -0.130. The molecule has 1 unspecified atom stereocenters. The number of alkyl halides is 1. The smallest absolute Gasteiger partial charge is 0.242 e. The molecule has 112 valence electrons. The van der Waals surface area contributed by atoms with Crippen LogP contribution in [-0.4, -0.2) is 38.4 Å². The second-order valence-corrected chi connectivity index (χ2v) is 6.21. The second-order valence-electron chi connectivity index (χ2n) is 5.56. The number of likely N-dealkylation sites (tertiary alicyclic amines) is 1. The van der Waals surface area contributed by atoms with Crippen molar-refractivity contribution in [1.29, 1.82) is 0 Å². The van der Waals surface area contributed by atoms with E-state index in [1.807, 2.05) is 29.4 Å². The number of aromatic nitrogens is 3. The van der Waals surface area contributed by atoms with Crippen molar-refractivity contribution in [2.24, 2.45) is 0 Å². The van der Waals surface area contributed by atoms with E-state index in [4.69, 9.17) is 11.6 Å². The van der Waals surface area contributed by atoms with Gasteiger partial charge in [-0.3, -0.25) is 4.79 Å². The standard InChI is InChI=1S/C15H19ClN4O/c1-10-5-6-17-15-13(10)18-14(11(2)16)20(15)9-12(21)19-7-3-4-8-19/h5-6,11H,3-4,7-9H2,1-2H3. The molecule has 1 atom stereocenters. The van der Waals surface area contributed by atoms with Crippen LogP contribution in [0.25, 0.3) is 11.2 Å². The largest absolute Gasteiger partial charge is 0.341 e. The minimum atomic E-state index is -0.259. The zero-order valence-electron chi connectivity index (χ0n) is 12.3. The van der Waals surface area contributed by atoms with Gasteiger partial charge >= 0.3 is 0 Å². The quantitative estimate of drug-likeness (QED) is 0.819. The van der Waals surface area contributed by atoms with E-state index in [1.165, 1.54) is 0 Å². The van der Waals surface area contributed by atoms with Crippen molar-refractivity contribution in [3.63, 3.8) is 0 Å². The number of amides is 1. The highest BCUT2D eigenvalue weighted by Crippen LogP contribution is 2.25. The highest BCUT2D eigenvalue weighted by atomic mass is 35.5. The fraction of sp³-hybridized carbons (Fsp3) is 0.533. The summed E-state index contributed by atoms with van der Waals surface area (Å²) in [5, 5.41) is -0.259. The predicted octanol–water partition coefficient (Wildman–Crippen LogP) is 2.66. The predicted molar refractivity (Wildman–Crippen MR) is 82.3 cm³/mol. The zero-order chi connectivity index (χ0) is 15.0.